The standard InChI is InChI=1S/C23H19F3N4O3S/c24-23(25,26)16-4-3-5-17(14-16)30-34(32,33)18-10-8-15(9-11-18)22(31)27-13-12-21-28-19-6-1-2-7-20(19)29-21/h1-11,14,30H,12-13H2,(H,27,31)(H,28,29). The average molecular weight is 488 g/mol. The van der Waals surface area contributed by atoms with Crippen LogP contribution in [0.25, 0.3) is 11.0 Å². The number of nitrogens with zero attached hydrogens (tertiary/aromatic N) is 1. The van der Waals surface area contributed by atoms with E-state index in [1.54, 1.807) is 0 Å². The highest BCUT2D eigenvalue weighted by Gasteiger charge is 2.30. The maximum absolute atomic E-state index is 12.9. The Morgan fingerprint density at radius 2 is 1.71 bits per heavy atom. The van der Waals surface area contributed by atoms with Gasteiger partial charge in [0.2, 0.25) is 0 Å². The van der Waals surface area contributed by atoms with Crippen molar-refractivity contribution in [3.8, 4) is 0 Å². The minimum atomic E-state index is -4.60. The minimum Gasteiger partial charge on any atom is -0.352 e. The summed E-state index contributed by atoms with van der Waals surface area (Å²) in [6.45, 7) is 0.315. The number of halogens is 3. The van der Waals surface area contributed by atoms with Crippen LogP contribution in [-0.2, 0) is 22.6 Å². The number of benzene rings is 3. The van der Waals surface area contributed by atoms with Gasteiger partial charge in [-0.05, 0) is 54.6 Å². The fourth-order valence-corrected chi connectivity index (χ4v) is 4.33. The van der Waals surface area contributed by atoms with Crippen molar-refractivity contribution < 1.29 is 26.4 Å². The lowest BCUT2D eigenvalue weighted by Crippen LogP contribution is -2.26. The molecule has 4 aromatic rings. The van der Waals surface area contributed by atoms with Crippen molar-refractivity contribution in [1.82, 2.24) is 15.3 Å². The molecule has 3 aromatic carbocycles. The number of carbonyl (C=O) groups excluding carboxylic acids is 1. The molecule has 0 bridgehead atoms. The van der Waals surface area contributed by atoms with E-state index in [0.29, 0.717) is 19.0 Å². The molecule has 4 rings (SSSR count). The summed E-state index contributed by atoms with van der Waals surface area (Å²) in [6.07, 6.45) is -4.12. The van der Waals surface area contributed by atoms with Crippen LogP contribution in [-0.4, -0.2) is 30.8 Å². The number of imidazole rings is 1. The lowest BCUT2D eigenvalue weighted by atomic mass is 10.2. The first-order valence-electron chi connectivity index (χ1n) is 10.1. The number of alkyl halides is 3. The third-order valence-electron chi connectivity index (χ3n) is 4.95. The van der Waals surface area contributed by atoms with E-state index < -0.39 is 27.7 Å². The highest BCUT2D eigenvalue weighted by Crippen LogP contribution is 2.31. The van der Waals surface area contributed by atoms with Crippen LogP contribution >= 0.6 is 0 Å². The van der Waals surface area contributed by atoms with Gasteiger partial charge in [-0.3, -0.25) is 9.52 Å². The largest absolute Gasteiger partial charge is 0.416 e. The number of fused-ring (bicyclic) bond motifs is 1. The van der Waals surface area contributed by atoms with Gasteiger partial charge in [0, 0.05) is 24.2 Å². The molecule has 0 aliphatic heterocycles. The van der Waals surface area contributed by atoms with Crippen LogP contribution in [0.5, 0.6) is 0 Å². The van der Waals surface area contributed by atoms with Gasteiger partial charge < -0.3 is 10.3 Å². The second kappa shape index (κ2) is 9.18. The molecule has 176 valence electrons. The third kappa shape index (κ3) is 5.37. The molecule has 0 saturated heterocycles. The Balaban J connectivity index is 1.37. The van der Waals surface area contributed by atoms with Crippen LogP contribution < -0.4 is 10.0 Å². The number of amides is 1. The third-order valence-corrected chi connectivity index (χ3v) is 6.35. The fourth-order valence-electron chi connectivity index (χ4n) is 3.28. The Hall–Kier alpha value is -3.86. The van der Waals surface area contributed by atoms with Gasteiger partial charge in [0.1, 0.15) is 5.82 Å². The van der Waals surface area contributed by atoms with Crippen molar-refractivity contribution in [2.75, 3.05) is 11.3 Å². The lowest BCUT2D eigenvalue weighted by Gasteiger charge is -2.11. The molecule has 0 saturated carbocycles. The molecule has 0 fully saturated rings. The Morgan fingerprint density at radius 3 is 2.41 bits per heavy atom. The van der Waals surface area contributed by atoms with Crippen LogP contribution in [0.3, 0.4) is 0 Å². The van der Waals surface area contributed by atoms with Gasteiger partial charge in [0.15, 0.2) is 0 Å². The molecule has 0 radical (unpaired) electrons. The van der Waals surface area contributed by atoms with Gasteiger partial charge in [0.25, 0.3) is 15.9 Å². The first-order valence-corrected chi connectivity index (χ1v) is 11.6. The predicted octanol–water partition coefficient (Wildman–Crippen LogP) is 4.36. The minimum absolute atomic E-state index is 0.191. The molecule has 0 unspecified atom stereocenters. The van der Waals surface area contributed by atoms with Crippen molar-refractivity contribution in [2.45, 2.75) is 17.5 Å². The van der Waals surface area contributed by atoms with E-state index in [1.165, 1.54) is 30.3 Å². The maximum atomic E-state index is 12.9. The quantitative estimate of drug-likeness (QED) is 0.360. The van der Waals surface area contributed by atoms with Gasteiger partial charge in [0.05, 0.1) is 21.5 Å². The molecule has 0 aliphatic rings. The van der Waals surface area contributed by atoms with Gasteiger partial charge in [-0.2, -0.15) is 13.2 Å². The lowest BCUT2D eigenvalue weighted by molar-refractivity contribution is -0.137. The zero-order valence-corrected chi connectivity index (χ0v) is 18.4. The summed E-state index contributed by atoms with van der Waals surface area (Å²) >= 11 is 0. The molecule has 7 nitrogen and oxygen atoms in total. The fraction of sp³-hybridized carbons (Fsp3) is 0.130. The van der Waals surface area contributed by atoms with Crippen LogP contribution in [0.2, 0.25) is 0 Å². The molecular formula is C23H19F3N4O3S. The highest BCUT2D eigenvalue weighted by atomic mass is 32.2. The molecular weight excluding hydrogens is 469 g/mol. The molecule has 1 heterocycles. The van der Waals surface area contributed by atoms with E-state index in [0.717, 1.165) is 29.0 Å². The number of carbonyl (C=O) groups is 1. The van der Waals surface area contributed by atoms with Crippen molar-refractivity contribution in [3.05, 3.63) is 89.7 Å². The van der Waals surface area contributed by atoms with Crippen molar-refractivity contribution in [3.63, 3.8) is 0 Å². The SMILES string of the molecule is O=C(NCCc1nc2ccccc2[nH]1)c1ccc(S(=O)(=O)Nc2cccc(C(F)(F)F)c2)cc1. The van der Waals surface area contributed by atoms with Crippen LogP contribution in [0, 0.1) is 0 Å². The number of hydrogen-bond acceptors (Lipinski definition) is 4. The van der Waals surface area contributed by atoms with Gasteiger partial charge >= 0.3 is 6.18 Å². The van der Waals surface area contributed by atoms with Crippen LogP contribution in [0.15, 0.2) is 77.7 Å². The Morgan fingerprint density at radius 1 is 0.971 bits per heavy atom. The molecule has 0 spiro atoms. The van der Waals surface area contributed by atoms with Crippen molar-refractivity contribution in [2.24, 2.45) is 0 Å². The van der Waals surface area contributed by atoms with Crippen molar-refractivity contribution in [1.29, 1.82) is 0 Å². The summed E-state index contributed by atoms with van der Waals surface area (Å²) in [5.41, 5.74) is 0.783. The molecule has 0 atom stereocenters. The zero-order valence-electron chi connectivity index (χ0n) is 17.6. The van der Waals surface area contributed by atoms with E-state index in [4.69, 9.17) is 0 Å². The van der Waals surface area contributed by atoms with Gasteiger partial charge in [-0.15, -0.1) is 0 Å². The number of H-pyrrole nitrogens is 1. The van der Waals surface area contributed by atoms with E-state index >= 15 is 0 Å². The molecule has 34 heavy (non-hydrogen) atoms. The number of hydrogen-bond donors (Lipinski definition) is 3. The maximum Gasteiger partial charge on any atom is 0.416 e. The van der Waals surface area contributed by atoms with Crippen LogP contribution in [0.4, 0.5) is 18.9 Å². The number of rotatable bonds is 7. The van der Waals surface area contributed by atoms with Gasteiger partial charge in [-0.1, -0.05) is 18.2 Å². The first kappa shape index (κ1) is 23.3. The smallest absolute Gasteiger partial charge is 0.352 e. The molecule has 11 heteroatoms. The summed E-state index contributed by atoms with van der Waals surface area (Å²) in [6, 6.07) is 16.5. The Bertz CT molecular complexity index is 1400. The van der Waals surface area contributed by atoms with E-state index in [9.17, 15) is 26.4 Å². The summed E-state index contributed by atoms with van der Waals surface area (Å²) in [4.78, 5) is 19.8. The second-order valence-electron chi connectivity index (χ2n) is 7.41. The number of sulfonamides is 1. The number of anilines is 1. The average Bonchev–Trinajstić information content (AvgIpc) is 3.21. The van der Waals surface area contributed by atoms with E-state index in [2.05, 4.69) is 20.0 Å². The van der Waals surface area contributed by atoms with Gasteiger partial charge in [-0.25, -0.2) is 13.4 Å². The molecule has 3 N–H and O–H groups in total. The van der Waals surface area contributed by atoms with E-state index in [1.807, 2.05) is 24.3 Å². The Labute approximate surface area is 193 Å². The normalized spacial score (nSPS) is 12.0. The zero-order chi connectivity index (χ0) is 24.3. The summed E-state index contributed by atoms with van der Waals surface area (Å²) in [5.74, 6) is 0.328. The Kier molecular flexibility index (Phi) is 6.29. The molecule has 0 aliphatic carbocycles. The monoisotopic (exact) mass is 488 g/mol. The summed E-state index contributed by atoms with van der Waals surface area (Å²) in [7, 11) is -4.15. The topological polar surface area (TPSA) is 104 Å². The van der Waals surface area contributed by atoms with Crippen molar-refractivity contribution >= 4 is 32.7 Å². The summed E-state index contributed by atoms with van der Waals surface area (Å²) in [5, 5.41) is 2.74. The predicted molar refractivity (Wildman–Crippen MR) is 121 cm³/mol. The molecule has 1 amide bonds. The second-order valence-corrected chi connectivity index (χ2v) is 9.10. The number of aromatic nitrogens is 2. The number of nitrogens with one attached hydrogen (secondary N) is 3. The molecule has 1 aromatic heterocycles. The van der Waals surface area contributed by atoms with Crippen LogP contribution in [0.1, 0.15) is 21.7 Å². The highest BCUT2D eigenvalue weighted by molar-refractivity contribution is 7.92. The van der Waals surface area contributed by atoms with E-state index in [-0.39, 0.29) is 16.1 Å². The first-order chi connectivity index (χ1) is 16.1. The number of para-hydroxylation sites is 2. The number of aromatic amines is 1. The summed E-state index contributed by atoms with van der Waals surface area (Å²) < 4.78 is 65.8.